The quantitative estimate of drug-likeness (QED) is 0.551. The Morgan fingerprint density at radius 3 is 2.83 bits per heavy atom. The van der Waals surface area contributed by atoms with Crippen molar-refractivity contribution >= 4 is 33.2 Å². The van der Waals surface area contributed by atoms with Crippen LogP contribution in [0.15, 0.2) is 36.7 Å². The minimum atomic E-state index is 0.237. The van der Waals surface area contributed by atoms with Gasteiger partial charge in [0.1, 0.15) is 0 Å². The van der Waals surface area contributed by atoms with Crippen LogP contribution in [0, 0.1) is 5.92 Å². The number of benzene rings is 1. The van der Waals surface area contributed by atoms with Gasteiger partial charge >= 0.3 is 0 Å². The summed E-state index contributed by atoms with van der Waals surface area (Å²) >= 11 is 1.56. The number of Topliss-reactive ketones (excluding diaryl/α,β-unsaturated/α-hetero) is 1. The molecule has 0 radical (unpaired) electrons. The maximum Gasteiger partial charge on any atom is 0.186 e. The number of ketones is 1. The molecule has 0 aliphatic carbocycles. The van der Waals surface area contributed by atoms with Crippen molar-refractivity contribution in [3.8, 4) is 0 Å². The number of rotatable bonds is 8. The van der Waals surface area contributed by atoms with Gasteiger partial charge in [-0.2, -0.15) is 0 Å². The van der Waals surface area contributed by atoms with E-state index in [0.717, 1.165) is 55.5 Å². The number of hydrogen-bond donors (Lipinski definition) is 1. The summed E-state index contributed by atoms with van der Waals surface area (Å²) in [5.74, 6) is 0.599. The second kappa shape index (κ2) is 9.09. The Labute approximate surface area is 176 Å². The van der Waals surface area contributed by atoms with Gasteiger partial charge in [0.25, 0.3) is 0 Å². The fraction of sp³-hybridized carbons (Fsp3) is 0.478. The zero-order valence-corrected chi connectivity index (χ0v) is 18.2. The minimum absolute atomic E-state index is 0.237. The van der Waals surface area contributed by atoms with Crippen LogP contribution in [0.1, 0.15) is 41.4 Å². The molecule has 6 heteroatoms. The fourth-order valence-electron chi connectivity index (χ4n) is 4.20. The maximum absolute atomic E-state index is 13.0. The van der Waals surface area contributed by atoms with E-state index in [9.17, 15) is 4.79 Å². The van der Waals surface area contributed by atoms with Crippen LogP contribution in [-0.2, 0) is 6.42 Å². The Bertz CT molecular complexity index is 955. The third-order valence-electron chi connectivity index (χ3n) is 5.90. The number of H-pyrrole nitrogens is 1. The molecular formula is C23H30N4OS. The van der Waals surface area contributed by atoms with Crippen molar-refractivity contribution in [1.82, 2.24) is 14.9 Å². The van der Waals surface area contributed by atoms with Gasteiger partial charge in [0.05, 0.1) is 11.1 Å². The Kier molecular flexibility index (Phi) is 6.31. The van der Waals surface area contributed by atoms with Gasteiger partial charge < -0.3 is 14.8 Å². The first-order valence-corrected chi connectivity index (χ1v) is 11.4. The monoisotopic (exact) mass is 410 g/mol. The van der Waals surface area contributed by atoms with Crippen molar-refractivity contribution in [2.24, 2.45) is 5.92 Å². The van der Waals surface area contributed by atoms with Crippen molar-refractivity contribution in [2.45, 2.75) is 32.6 Å². The molecule has 1 aliphatic heterocycles. The first-order chi connectivity index (χ1) is 14.1. The van der Waals surface area contributed by atoms with Gasteiger partial charge in [-0.15, -0.1) is 0 Å². The first kappa shape index (κ1) is 20.1. The summed E-state index contributed by atoms with van der Waals surface area (Å²) in [6.07, 6.45) is 7.58. The number of thiazole rings is 1. The van der Waals surface area contributed by atoms with E-state index in [2.05, 4.69) is 64.2 Å². The number of aromatic amines is 1. The summed E-state index contributed by atoms with van der Waals surface area (Å²) in [4.78, 5) is 26.4. The van der Waals surface area contributed by atoms with Gasteiger partial charge in [-0.3, -0.25) is 4.79 Å². The lowest BCUT2D eigenvalue weighted by atomic mass is 9.90. The molecule has 3 aromatic rings. The topological polar surface area (TPSA) is 52.2 Å². The second-order valence-corrected chi connectivity index (χ2v) is 9.15. The number of fused-ring (bicyclic) bond motifs is 1. The van der Waals surface area contributed by atoms with Crippen LogP contribution in [-0.4, -0.2) is 53.9 Å². The lowest BCUT2D eigenvalue weighted by molar-refractivity contribution is 0.0962. The average molecular weight is 411 g/mol. The first-order valence-electron chi connectivity index (χ1n) is 10.6. The summed E-state index contributed by atoms with van der Waals surface area (Å²) in [6.45, 7) is 6.26. The van der Waals surface area contributed by atoms with E-state index in [1.807, 2.05) is 0 Å². The third-order valence-corrected chi connectivity index (χ3v) is 7.00. The summed E-state index contributed by atoms with van der Waals surface area (Å²) in [5, 5.41) is 2.27. The number of anilines is 1. The van der Waals surface area contributed by atoms with Crippen molar-refractivity contribution in [1.29, 1.82) is 0 Å². The molecule has 2 aromatic heterocycles. The van der Waals surface area contributed by atoms with E-state index in [1.54, 1.807) is 17.5 Å². The lowest BCUT2D eigenvalue weighted by Crippen LogP contribution is -2.44. The van der Waals surface area contributed by atoms with Gasteiger partial charge in [-0.05, 0) is 37.4 Å². The molecule has 1 N–H and O–H groups in total. The van der Waals surface area contributed by atoms with Crippen LogP contribution in [0.25, 0.3) is 10.9 Å². The molecule has 1 saturated heterocycles. The molecule has 3 heterocycles. The minimum Gasteiger partial charge on any atom is -0.361 e. The molecule has 0 spiro atoms. The molecule has 0 bridgehead atoms. The Hall–Kier alpha value is -2.18. The standard InChI is InChI=1S/C23H30N4OS/c1-3-6-17(13-18-15-24-20-8-5-4-7-19(18)20)14-21(28)22-16-25-23(29-22)27-11-9-26(2)10-12-27/h4-5,7-8,15-17,24H,3,6,9-14H2,1-2H3. The molecule has 1 aliphatic rings. The highest BCUT2D eigenvalue weighted by Crippen LogP contribution is 2.28. The van der Waals surface area contributed by atoms with Crippen LogP contribution in [0.5, 0.6) is 0 Å². The van der Waals surface area contributed by atoms with Gasteiger partial charge in [-0.25, -0.2) is 4.98 Å². The van der Waals surface area contributed by atoms with E-state index in [-0.39, 0.29) is 5.78 Å². The maximum atomic E-state index is 13.0. The van der Waals surface area contributed by atoms with Crippen LogP contribution >= 0.6 is 11.3 Å². The predicted octanol–water partition coefficient (Wildman–Crippen LogP) is 4.61. The number of nitrogens with zero attached hydrogens (tertiary/aromatic N) is 3. The van der Waals surface area contributed by atoms with Crippen LogP contribution in [0.2, 0.25) is 0 Å². The molecule has 1 unspecified atom stereocenters. The summed E-state index contributed by atoms with van der Waals surface area (Å²) in [6, 6.07) is 8.40. The Morgan fingerprint density at radius 2 is 2.03 bits per heavy atom. The number of aromatic nitrogens is 2. The summed E-state index contributed by atoms with van der Waals surface area (Å²) in [7, 11) is 2.15. The highest BCUT2D eigenvalue weighted by molar-refractivity contribution is 7.17. The van der Waals surface area contributed by atoms with Gasteiger partial charge in [0.2, 0.25) is 0 Å². The number of carbonyl (C=O) groups is 1. The van der Waals surface area contributed by atoms with E-state index in [1.165, 1.54) is 16.5 Å². The smallest absolute Gasteiger partial charge is 0.186 e. The molecular weight excluding hydrogens is 380 g/mol. The summed E-state index contributed by atoms with van der Waals surface area (Å²) < 4.78 is 0. The van der Waals surface area contributed by atoms with Crippen molar-refractivity contribution < 1.29 is 4.79 Å². The van der Waals surface area contributed by atoms with E-state index < -0.39 is 0 Å². The number of para-hydroxylation sites is 1. The molecule has 0 amide bonds. The van der Waals surface area contributed by atoms with Crippen molar-refractivity contribution in [2.75, 3.05) is 38.1 Å². The Morgan fingerprint density at radius 1 is 1.24 bits per heavy atom. The van der Waals surface area contributed by atoms with Gasteiger partial charge in [-0.1, -0.05) is 42.9 Å². The van der Waals surface area contributed by atoms with Crippen LogP contribution < -0.4 is 4.90 Å². The van der Waals surface area contributed by atoms with Crippen LogP contribution in [0.4, 0.5) is 5.13 Å². The molecule has 154 valence electrons. The molecule has 1 atom stereocenters. The second-order valence-electron chi connectivity index (χ2n) is 8.14. The normalized spacial score (nSPS) is 16.4. The van der Waals surface area contributed by atoms with Crippen molar-refractivity contribution in [3.63, 3.8) is 0 Å². The molecule has 0 saturated carbocycles. The zero-order valence-electron chi connectivity index (χ0n) is 17.4. The van der Waals surface area contributed by atoms with Gasteiger partial charge in [0, 0.05) is 49.7 Å². The summed E-state index contributed by atoms with van der Waals surface area (Å²) in [5.41, 5.74) is 2.48. The molecule has 29 heavy (non-hydrogen) atoms. The molecule has 5 nitrogen and oxygen atoms in total. The fourth-order valence-corrected chi connectivity index (χ4v) is 5.11. The van der Waals surface area contributed by atoms with E-state index in [0.29, 0.717) is 12.3 Å². The van der Waals surface area contributed by atoms with Gasteiger partial charge in [0.15, 0.2) is 10.9 Å². The molecule has 1 aromatic carbocycles. The molecule has 4 rings (SSSR count). The van der Waals surface area contributed by atoms with Crippen molar-refractivity contribution in [3.05, 3.63) is 47.1 Å². The van der Waals surface area contributed by atoms with Crippen LogP contribution in [0.3, 0.4) is 0 Å². The SMILES string of the molecule is CCCC(CC(=O)c1cnc(N2CCN(C)CC2)s1)Cc1c[nH]c2ccccc12. The van der Waals surface area contributed by atoms with E-state index >= 15 is 0 Å². The third kappa shape index (κ3) is 4.70. The zero-order chi connectivity index (χ0) is 20.2. The highest BCUT2D eigenvalue weighted by atomic mass is 32.1. The number of likely N-dealkylation sites (N-methyl/N-ethyl adjacent to an activating group) is 1. The number of hydrogen-bond acceptors (Lipinski definition) is 5. The predicted molar refractivity (Wildman–Crippen MR) is 121 cm³/mol. The number of carbonyl (C=O) groups excluding carboxylic acids is 1. The Balaban J connectivity index is 1.42. The lowest BCUT2D eigenvalue weighted by Gasteiger charge is -2.32. The largest absolute Gasteiger partial charge is 0.361 e. The average Bonchev–Trinajstić information content (AvgIpc) is 3.37. The molecule has 1 fully saturated rings. The van der Waals surface area contributed by atoms with E-state index in [4.69, 9.17) is 0 Å². The highest BCUT2D eigenvalue weighted by Gasteiger charge is 2.21. The number of nitrogens with one attached hydrogen (secondary N) is 1. The number of piperazine rings is 1.